The summed E-state index contributed by atoms with van der Waals surface area (Å²) in [6, 6.07) is 12.3. The molecular formula is C23H26N8. The third-order valence-corrected chi connectivity index (χ3v) is 5.65. The van der Waals surface area contributed by atoms with E-state index in [2.05, 4.69) is 65.3 Å². The topological polar surface area (TPSA) is 85.9 Å². The molecule has 0 unspecified atom stereocenters. The van der Waals surface area contributed by atoms with Crippen molar-refractivity contribution in [3.8, 4) is 11.3 Å². The molecule has 0 saturated carbocycles. The number of aromatic amines is 1. The van der Waals surface area contributed by atoms with Crippen LogP contribution in [0.2, 0.25) is 0 Å². The Balaban J connectivity index is 1.32. The molecule has 31 heavy (non-hydrogen) atoms. The average Bonchev–Trinajstić information content (AvgIpc) is 3.17. The van der Waals surface area contributed by atoms with Gasteiger partial charge >= 0.3 is 0 Å². The maximum absolute atomic E-state index is 4.66. The standard InChI is InChI=1S/C23H26N8/c1-16-11-20(26-15-25-16)18-3-4-19-21(13-18)28-23(27-19)29-22-12-17(5-6-24-22)14-31-9-7-30(2)8-10-31/h3-6,11-13,15H,7-10,14H2,1-2H3,(H2,24,27,28,29). The van der Waals surface area contributed by atoms with Crippen LogP contribution >= 0.6 is 0 Å². The van der Waals surface area contributed by atoms with Crippen LogP contribution in [0.25, 0.3) is 22.3 Å². The molecule has 2 N–H and O–H groups in total. The largest absolute Gasteiger partial charge is 0.324 e. The normalized spacial score (nSPS) is 15.4. The quantitative estimate of drug-likeness (QED) is 0.519. The first kappa shape index (κ1) is 19.6. The van der Waals surface area contributed by atoms with Gasteiger partial charge in [0.1, 0.15) is 12.1 Å². The number of H-pyrrole nitrogens is 1. The Morgan fingerprint density at radius 2 is 1.87 bits per heavy atom. The second-order valence-electron chi connectivity index (χ2n) is 8.12. The average molecular weight is 415 g/mol. The number of likely N-dealkylation sites (N-methyl/N-ethyl adjacent to an activating group) is 1. The highest BCUT2D eigenvalue weighted by Crippen LogP contribution is 2.24. The first-order valence-corrected chi connectivity index (χ1v) is 10.5. The van der Waals surface area contributed by atoms with Crippen molar-refractivity contribution in [1.82, 2.24) is 34.7 Å². The molecule has 1 fully saturated rings. The summed E-state index contributed by atoms with van der Waals surface area (Å²) in [5.74, 6) is 1.47. The molecule has 0 atom stereocenters. The summed E-state index contributed by atoms with van der Waals surface area (Å²) in [6.07, 6.45) is 3.45. The number of hydrogen-bond donors (Lipinski definition) is 2. The van der Waals surface area contributed by atoms with Crippen LogP contribution in [0.15, 0.2) is 48.9 Å². The van der Waals surface area contributed by atoms with Gasteiger partial charge in [0.05, 0.1) is 16.7 Å². The van der Waals surface area contributed by atoms with Crippen molar-refractivity contribution in [2.45, 2.75) is 13.5 Å². The number of nitrogens with zero attached hydrogens (tertiary/aromatic N) is 6. The van der Waals surface area contributed by atoms with Crippen LogP contribution in [-0.4, -0.2) is 67.9 Å². The van der Waals surface area contributed by atoms with E-state index in [9.17, 15) is 0 Å². The number of fused-ring (bicyclic) bond motifs is 1. The third-order valence-electron chi connectivity index (χ3n) is 5.65. The molecule has 0 radical (unpaired) electrons. The smallest absolute Gasteiger partial charge is 0.206 e. The minimum absolute atomic E-state index is 0.676. The molecule has 1 aromatic carbocycles. The van der Waals surface area contributed by atoms with E-state index in [0.29, 0.717) is 5.95 Å². The number of hydrogen-bond acceptors (Lipinski definition) is 7. The fourth-order valence-electron chi connectivity index (χ4n) is 3.87. The fourth-order valence-corrected chi connectivity index (χ4v) is 3.87. The van der Waals surface area contributed by atoms with Gasteiger partial charge in [0.25, 0.3) is 0 Å². The Kier molecular flexibility index (Phi) is 5.31. The van der Waals surface area contributed by atoms with E-state index >= 15 is 0 Å². The Hall–Kier alpha value is -3.36. The number of nitrogens with one attached hydrogen (secondary N) is 2. The molecule has 158 valence electrons. The number of benzene rings is 1. The lowest BCUT2D eigenvalue weighted by Gasteiger charge is -2.32. The maximum Gasteiger partial charge on any atom is 0.206 e. The molecule has 4 aromatic rings. The van der Waals surface area contributed by atoms with Crippen molar-refractivity contribution in [3.05, 3.63) is 60.2 Å². The minimum atomic E-state index is 0.676. The van der Waals surface area contributed by atoms with Crippen molar-refractivity contribution in [3.63, 3.8) is 0 Å². The summed E-state index contributed by atoms with van der Waals surface area (Å²) in [5, 5.41) is 3.32. The van der Waals surface area contributed by atoms with Crippen LogP contribution in [0, 0.1) is 6.92 Å². The molecule has 1 saturated heterocycles. The van der Waals surface area contributed by atoms with E-state index in [1.54, 1.807) is 6.33 Å². The zero-order chi connectivity index (χ0) is 21.2. The zero-order valence-electron chi connectivity index (χ0n) is 17.8. The predicted molar refractivity (Wildman–Crippen MR) is 122 cm³/mol. The Labute approximate surface area is 181 Å². The van der Waals surface area contributed by atoms with Gasteiger partial charge in [-0.25, -0.2) is 19.9 Å². The second kappa shape index (κ2) is 8.41. The summed E-state index contributed by atoms with van der Waals surface area (Å²) in [6.45, 7) is 7.33. The van der Waals surface area contributed by atoms with E-state index in [4.69, 9.17) is 0 Å². The van der Waals surface area contributed by atoms with Gasteiger partial charge < -0.3 is 15.2 Å². The molecule has 0 bridgehead atoms. The highest BCUT2D eigenvalue weighted by atomic mass is 15.2. The predicted octanol–water partition coefficient (Wildman–Crippen LogP) is 3.21. The van der Waals surface area contributed by atoms with Crippen molar-refractivity contribution in [1.29, 1.82) is 0 Å². The lowest BCUT2D eigenvalue weighted by Crippen LogP contribution is -2.43. The van der Waals surface area contributed by atoms with Gasteiger partial charge in [-0.1, -0.05) is 6.07 Å². The van der Waals surface area contributed by atoms with Gasteiger partial charge in [0.2, 0.25) is 5.95 Å². The summed E-state index contributed by atoms with van der Waals surface area (Å²) in [7, 11) is 2.18. The van der Waals surface area contributed by atoms with Gasteiger partial charge in [0, 0.05) is 50.2 Å². The van der Waals surface area contributed by atoms with Crippen molar-refractivity contribution < 1.29 is 0 Å². The van der Waals surface area contributed by atoms with Crippen LogP contribution in [0.5, 0.6) is 0 Å². The molecule has 0 aliphatic carbocycles. The number of piperazine rings is 1. The number of pyridine rings is 1. The van der Waals surface area contributed by atoms with E-state index in [1.165, 1.54) is 5.56 Å². The van der Waals surface area contributed by atoms with Gasteiger partial charge in [-0.2, -0.15) is 0 Å². The molecule has 5 rings (SSSR count). The summed E-state index contributed by atoms with van der Waals surface area (Å²) >= 11 is 0. The van der Waals surface area contributed by atoms with Gasteiger partial charge in [-0.15, -0.1) is 0 Å². The molecule has 4 heterocycles. The molecule has 8 nitrogen and oxygen atoms in total. The second-order valence-corrected chi connectivity index (χ2v) is 8.12. The van der Waals surface area contributed by atoms with Gasteiger partial charge in [-0.3, -0.25) is 4.90 Å². The first-order valence-electron chi connectivity index (χ1n) is 10.5. The number of imidazole rings is 1. The zero-order valence-corrected chi connectivity index (χ0v) is 17.8. The molecular weight excluding hydrogens is 388 g/mol. The highest BCUT2D eigenvalue weighted by Gasteiger charge is 2.14. The Morgan fingerprint density at radius 3 is 2.71 bits per heavy atom. The van der Waals surface area contributed by atoms with Gasteiger partial charge in [-0.05, 0) is 49.9 Å². The fraction of sp³-hybridized carbons (Fsp3) is 0.304. The molecule has 0 amide bonds. The lowest BCUT2D eigenvalue weighted by atomic mass is 10.1. The molecule has 8 heteroatoms. The summed E-state index contributed by atoms with van der Waals surface area (Å²) < 4.78 is 0. The monoisotopic (exact) mass is 414 g/mol. The number of rotatable bonds is 5. The lowest BCUT2D eigenvalue weighted by molar-refractivity contribution is 0.148. The summed E-state index contributed by atoms with van der Waals surface area (Å²) in [4.78, 5) is 25.9. The Morgan fingerprint density at radius 1 is 1.00 bits per heavy atom. The highest BCUT2D eigenvalue weighted by molar-refractivity contribution is 5.83. The van der Waals surface area contributed by atoms with Crippen molar-refractivity contribution in [2.75, 3.05) is 38.5 Å². The number of anilines is 2. The number of aromatic nitrogens is 5. The van der Waals surface area contributed by atoms with Crippen LogP contribution in [-0.2, 0) is 6.54 Å². The number of aryl methyl sites for hydroxylation is 1. The molecule has 1 aliphatic rings. The van der Waals surface area contributed by atoms with E-state index in [1.807, 2.05) is 31.3 Å². The molecule has 0 spiro atoms. The van der Waals surface area contributed by atoms with Crippen LogP contribution in [0.1, 0.15) is 11.3 Å². The van der Waals surface area contributed by atoms with Crippen molar-refractivity contribution in [2.24, 2.45) is 0 Å². The summed E-state index contributed by atoms with van der Waals surface area (Å²) in [5.41, 5.74) is 5.96. The maximum atomic E-state index is 4.66. The van der Waals surface area contributed by atoms with Crippen LogP contribution < -0.4 is 5.32 Å². The molecule has 3 aromatic heterocycles. The van der Waals surface area contributed by atoms with Crippen LogP contribution in [0.4, 0.5) is 11.8 Å². The SMILES string of the molecule is Cc1cc(-c2ccc3nc(Nc4cc(CN5CCN(C)CC5)ccn4)[nH]c3c2)ncn1. The van der Waals surface area contributed by atoms with E-state index in [0.717, 1.165) is 66.5 Å². The first-order chi connectivity index (χ1) is 15.1. The molecule has 1 aliphatic heterocycles. The van der Waals surface area contributed by atoms with Crippen LogP contribution in [0.3, 0.4) is 0 Å². The minimum Gasteiger partial charge on any atom is -0.324 e. The van der Waals surface area contributed by atoms with E-state index in [-0.39, 0.29) is 0 Å². The third kappa shape index (κ3) is 4.55. The van der Waals surface area contributed by atoms with Gasteiger partial charge in [0.15, 0.2) is 0 Å². The Bertz CT molecular complexity index is 1190. The van der Waals surface area contributed by atoms with Crippen molar-refractivity contribution >= 4 is 22.8 Å². The van der Waals surface area contributed by atoms with E-state index < -0.39 is 0 Å².